The Morgan fingerprint density at radius 1 is 1.27 bits per heavy atom. The average Bonchev–Trinajstić information content (AvgIpc) is 2.74. The summed E-state index contributed by atoms with van der Waals surface area (Å²) >= 11 is 5.96. The second kappa shape index (κ2) is 5.57. The number of imide groups is 1. The van der Waals surface area contributed by atoms with Gasteiger partial charge in [0.15, 0.2) is 0 Å². The van der Waals surface area contributed by atoms with E-state index in [1.807, 2.05) is 19.1 Å². The van der Waals surface area contributed by atoms with Crippen molar-refractivity contribution >= 4 is 29.3 Å². The van der Waals surface area contributed by atoms with Gasteiger partial charge >= 0.3 is 0 Å². The molecule has 1 heterocycles. The molecule has 3 rings (SSSR count). The van der Waals surface area contributed by atoms with Gasteiger partial charge in [-0.2, -0.15) is 5.01 Å². The lowest BCUT2D eigenvalue weighted by molar-refractivity contribution is -0.142. The number of nitrogens with zero attached hydrogens (tertiary/aromatic N) is 1. The van der Waals surface area contributed by atoms with E-state index in [4.69, 9.17) is 11.6 Å². The number of fused-ring (bicyclic) bond motifs is 1. The zero-order chi connectivity index (χ0) is 15.9. The first-order chi connectivity index (χ1) is 10.5. The van der Waals surface area contributed by atoms with Gasteiger partial charge in [-0.25, -0.2) is 0 Å². The lowest BCUT2D eigenvalue weighted by Crippen LogP contribution is -2.46. The lowest BCUT2D eigenvalue weighted by atomic mass is 9.78. The van der Waals surface area contributed by atoms with Crippen LogP contribution >= 0.6 is 11.6 Å². The highest BCUT2D eigenvalue weighted by molar-refractivity contribution is 6.33. The second-order valence-electron chi connectivity index (χ2n) is 5.59. The van der Waals surface area contributed by atoms with Gasteiger partial charge in [-0.15, -0.1) is 0 Å². The number of carbonyl (C=O) groups is 3. The van der Waals surface area contributed by atoms with Crippen LogP contribution in [0.3, 0.4) is 0 Å². The fraction of sp³-hybridized carbons (Fsp3) is 0.312. The molecule has 6 heteroatoms. The molecule has 1 aromatic rings. The maximum atomic E-state index is 12.4. The second-order valence-corrected chi connectivity index (χ2v) is 6.00. The van der Waals surface area contributed by atoms with Crippen LogP contribution in [-0.4, -0.2) is 22.7 Å². The first-order valence-electron chi connectivity index (χ1n) is 7.10. The molecule has 0 unspecified atom stereocenters. The number of allylic oxidation sites excluding steroid dienone is 2. The normalized spacial score (nSPS) is 27.0. The summed E-state index contributed by atoms with van der Waals surface area (Å²) in [5.41, 5.74) is 2.62. The van der Waals surface area contributed by atoms with Gasteiger partial charge in [0.2, 0.25) is 0 Å². The van der Waals surface area contributed by atoms with E-state index >= 15 is 0 Å². The molecule has 1 saturated heterocycles. The van der Waals surface area contributed by atoms with Crippen LogP contribution in [0.1, 0.15) is 23.7 Å². The molecule has 0 radical (unpaired) electrons. The molecule has 3 amide bonds. The summed E-state index contributed by atoms with van der Waals surface area (Å²) in [5.74, 6) is -2.08. The fourth-order valence-corrected chi connectivity index (χ4v) is 3.29. The van der Waals surface area contributed by atoms with E-state index < -0.39 is 11.8 Å². The minimum Gasteiger partial charge on any atom is -0.272 e. The number of benzene rings is 1. The lowest BCUT2D eigenvalue weighted by Gasteiger charge is -2.22. The summed E-state index contributed by atoms with van der Waals surface area (Å²) in [6.07, 6.45) is 4.38. The van der Waals surface area contributed by atoms with Crippen molar-refractivity contribution in [1.82, 2.24) is 10.4 Å². The van der Waals surface area contributed by atoms with Crippen molar-refractivity contribution in [3.05, 3.63) is 47.0 Å². The molecule has 0 bridgehead atoms. The highest BCUT2D eigenvalue weighted by Gasteiger charge is 2.50. The number of halogens is 1. The largest absolute Gasteiger partial charge is 0.272 e. The number of hydrogen-bond donors (Lipinski definition) is 1. The van der Waals surface area contributed by atoms with E-state index in [0.717, 1.165) is 5.01 Å². The van der Waals surface area contributed by atoms with Crippen molar-refractivity contribution in [1.29, 1.82) is 0 Å². The number of carbonyl (C=O) groups excluding carboxylic acids is 3. The maximum absolute atomic E-state index is 12.4. The van der Waals surface area contributed by atoms with Gasteiger partial charge < -0.3 is 0 Å². The van der Waals surface area contributed by atoms with Gasteiger partial charge in [0.25, 0.3) is 17.7 Å². The van der Waals surface area contributed by atoms with E-state index in [-0.39, 0.29) is 34.2 Å². The van der Waals surface area contributed by atoms with E-state index in [1.165, 1.54) is 0 Å². The Labute approximate surface area is 132 Å². The third kappa shape index (κ3) is 2.31. The Hall–Kier alpha value is -2.14. The zero-order valence-corrected chi connectivity index (χ0v) is 12.7. The first kappa shape index (κ1) is 14.8. The highest BCUT2D eigenvalue weighted by Crippen LogP contribution is 2.37. The Kier molecular flexibility index (Phi) is 3.74. The molecule has 0 spiro atoms. The van der Waals surface area contributed by atoms with Crippen molar-refractivity contribution in [3.8, 4) is 0 Å². The Morgan fingerprint density at radius 2 is 2.00 bits per heavy atom. The Balaban J connectivity index is 1.82. The SMILES string of the molecule is C[C@H]1C=CC[C@H]2C(=O)N(NC(=O)c3ccccc3Cl)C(=O)[C@H]12. The van der Waals surface area contributed by atoms with Crippen molar-refractivity contribution in [2.24, 2.45) is 17.8 Å². The van der Waals surface area contributed by atoms with Crippen molar-refractivity contribution in [2.75, 3.05) is 0 Å². The van der Waals surface area contributed by atoms with Crippen LogP contribution in [0.15, 0.2) is 36.4 Å². The molecule has 1 fully saturated rings. The van der Waals surface area contributed by atoms with Gasteiger partial charge in [-0.05, 0) is 24.5 Å². The molecule has 1 aromatic carbocycles. The summed E-state index contributed by atoms with van der Waals surface area (Å²) in [4.78, 5) is 37.0. The number of hydrazine groups is 1. The number of nitrogens with one attached hydrogen (secondary N) is 1. The van der Waals surface area contributed by atoms with Crippen LogP contribution < -0.4 is 5.43 Å². The molecule has 114 valence electrons. The fourth-order valence-electron chi connectivity index (χ4n) is 3.06. The third-order valence-corrected chi connectivity index (χ3v) is 4.53. The summed E-state index contributed by atoms with van der Waals surface area (Å²) in [5, 5.41) is 1.12. The molecule has 1 aliphatic heterocycles. The smallest absolute Gasteiger partial charge is 0.271 e. The molecule has 1 N–H and O–H groups in total. The molecule has 2 aliphatic rings. The zero-order valence-electron chi connectivity index (χ0n) is 12.0. The van der Waals surface area contributed by atoms with Crippen LogP contribution in [-0.2, 0) is 9.59 Å². The van der Waals surface area contributed by atoms with Gasteiger partial charge in [0, 0.05) is 0 Å². The monoisotopic (exact) mass is 318 g/mol. The molecule has 0 aromatic heterocycles. The minimum absolute atomic E-state index is 0.0163. The minimum atomic E-state index is -0.563. The van der Waals surface area contributed by atoms with E-state index in [2.05, 4.69) is 5.43 Å². The van der Waals surface area contributed by atoms with Crippen LogP contribution in [0.5, 0.6) is 0 Å². The van der Waals surface area contributed by atoms with Crippen LogP contribution in [0.4, 0.5) is 0 Å². The van der Waals surface area contributed by atoms with E-state index in [0.29, 0.717) is 6.42 Å². The predicted octanol–water partition coefficient (Wildman–Crippen LogP) is 2.18. The summed E-state index contributed by atoms with van der Waals surface area (Å²) < 4.78 is 0. The van der Waals surface area contributed by atoms with Gasteiger partial charge in [-0.3, -0.25) is 19.8 Å². The summed E-state index contributed by atoms with van der Waals surface area (Å²) in [7, 11) is 0. The Morgan fingerprint density at radius 3 is 2.68 bits per heavy atom. The molecule has 0 saturated carbocycles. The van der Waals surface area contributed by atoms with Gasteiger partial charge in [0.1, 0.15) is 0 Å². The molecule has 5 nitrogen and oxygen atoms in total. The van der Waals surface area contributed by atoms with E-state index in [9.17, 15) is 14.4 Å². The van der Waals surface area contributed by atoms with Crippen LogP contribution in [0.25, 0.3) is 0 Å². The first-order valence-corrected chi connectivity index (χ1v) is 7.48. The van der Waals surface area contributed by atoms with Crippen molar-refractivity contribution < 1.29 is 14.4 Å². The predicted molar refractivity (Wildman–Crippen MR) is 80.7 cm³/mol. The average molecular weight is 319 g/mol. The summed E-state index contributed by atoms with van der Waals surface area (Å²) in [6, 6.07) is 6.49. The summed E-state index contributed by atoms with van der Waals surface area (Å²) in [6.45, 7) is 1.90. The maximum Gasteiger partial charge on any atom is 0.271 e. The third-order valence-electron chi connectivity index (χ3n) is 4.20. The number of rotatable bonds is 2. The molecule has 22 heavy (non-hydrogen) atoms. The number of hydrogen-bond acceptors (Lipinski definition) is 3. The quantitative estimate of drug-likeness (QED) is 0.671. The number of amides is 3. The Bertz CT molecular complexity index is 686. The topological polar surface area (TPSA) is 66.5 Å². The molecule has 3 atom stereocenters. The molecule has 1 aliphatic carbocycles. The van der Waals surface area contributed by atoms with Gasteiger partial charge in [-0.1, -0.05) is 42.8 Å². The van der Waals surface area contributed by atoms with Crippen LogP contribution in [0.2, 0.25) is 5.02 Å². The van der Waals surface area contributed by atoms with Crippen molar-refractivity contribution in [2.45, 2.75) is 13.3 Å². The van der Waals surface area contributed by atoms with E-state index in [1.54, 1.807) is 24.3 Å². The van der Waals surface area contributed by atoms with Gasteiger partial charge in [0.05, 0.1) is 22.4 Å². The van der Waals surface area contributed by atoms with Crippen molar-refractivity contribution in [3.63, 3.8) is 0 Å². The highest BCUT2D eigenvalue weighted by atomic mass is 35.5. The molecular weight excluding hydrogens is 304 g/mol. The van der Waals surface area contributed by atoms with Crippen LogP contribution in [0, 0.1) is 17.8 Å². The molecular formula is C16H15ClN2O3. The standard InChI is InChI=1S/C16H15ClN2O3/c1-9-5-4-7-11-13(9)16(22)19(15(11)21)18-14(20)10-6-2-3-8-12(10)17/h2-6,8-9,11,13H,7H2,1H3,(H,18,20)/t9-,11+,13+/m0/s1.